The van der Waals surface area contributed by atoms with Crippen LogP contribution in [0.3, 0.4) is 0 Å². The van der Waals surface area contributed by atoms with E-state index in [0.29, 0.717) is 18.3 Å². The maximum absolute atomic E-state index is 12.8. The lowest BCUT2D eigenvalue weighted by Gasteiger charge is -2.23. The topological polar surface area (TPSA) is 52.3 Å². The van der Waals surface area contributed by atoms with E-state index in [0.717, 1.165) is 29.9 Å². The lowest BCUT2D eigenvalue weighted by molar-refractivity contribution is 0.303. The van der Waals surface area contributed by atoms with Gasteiger partial charge in [-0.15, -0.1) is 0 Å². The van der Waals surface area contributed by atoms with E-state index < -0.39 is 0 Å². The van der Waals surface area contributed by atoms with Crippen molar-refractivity contribution in [1.82, 2.24) is 19.2 Å². The summed E-state index contributed by atoms with van der Waals surface area (Å²) >= 11 is 0. The van der Waals surface area contributed by atoms with Crippen molar-refractivity contribution in [2.45, 2.75) is 25.5 Å². The summed E-state index contributed by atoms with van der Waals surface area (Å²) in [5.41, 5.74) is 5.70. The predicted octanol–water partition coefficient (Wildman–Crippen LogP) is 3.61. The summed E-state index contributed by atoms with van der Waals surface area (Å²) in [6.45, 7) is 3.78. The molecule has 1 saturated heterocycles. The number of ether oxygens (including phenoxy) is 1. The zero-order valence-corrected chi connectivity index (χ0v) is 17.5. The summed E-state index contributed by atoms with van der Waals surface area (Å²) < 4.78 is 9.52. The van der Waals surface area contributed by atoms with Crippen molar-refractivity contribution < 1.29 is 4.74 Å². The highest BCUT2D eigenvalue weighted by Crippen LogP contribution is 2.41. The summed E-state index contributed by atoms with van der Waals surface area (Å²) in [6.07, 6.45) is 2.84. The molecule has 2 unspecified atom stereocenters. The first kappa shape index (κ1) is 18.4. The molecular weight excluding hydrogens is 388 g/mol. The van der Waals surface area contributed by atoms with Gasteiger partial charge in [0.15, 0.2) is 0 Å². The first-order chi connectivity index (χ1) is 15.2. The maximum atomic E-state index is 12.8. The Kier molecular flexibility index (Phi) is 4.21. The van der Waals surface area contributed by atoms with Gasteiger partial charge in [0.2, 0.25) is 0 Å². The Balaban J connectivity index is 1.32. The highest BCUT2D eigenvalue weighted by molar-refractivity contribution is 5.87. The van der Waals surface area contributed by atoms with Crippen molar-refractivity contribution in [3.8, 4) is 11.4 Å². The van der Waals surface area contributed by atoms with E-state index in [1.54, 1.807) is 6.20 Å². The third kappa shape index (κ3) is 3.06. The fraction of sp³-hybridized carbons (Fsp3) is 0.280. The monoisotopic (exact) mass is 412 g/mol. The molecular formula is C25H24N4O2. The van der Waals surface area contributed by atoms with Crippen LogP contribution >= 0.6 is 0 Å². The molecule has 2 aliphatic rings. The van der Waals surface area contributed by atoms with Gasteiger partial charge in [-0.05, 0) is 36.2 Å². The van der Waals surface area contributed by atoms with Gasteiger partial charge in [0.1, 0.15) is 12.4 Å². The lowest BCUT2D eigenvalue weighted by atomic mass is 9.97. The van der Waals surface area contributed by atoms with Crippen molar-refractivity contribution in [3.05, 3.63) is 88.0 Å². The lowest BCUT2D eigenvalue weighted by Crippen LogP contribution is -2.25. The molecule has 2 aromatic carbocycles. The maximum Gasteiger partial charge on any atom is 0.275 e. The molecule has 0 amide bonds. The Hall–Kier alpha value is -3.38. The normalized spacial score (nSPS) is 19.5. The second-order valence-electron chi connectivity index (χ2n) is 8.56. The average Bonchev–Trinajstić information content (AvgIpc) is 3.31. The molecule has 2 aromatic heterocycles. The van der Waals surface area contributed by atoms with Crippen molar-refractivity contribution >= 4 is 10.9 Å². The van der Waals surface area contributed by atoms with Gasteiger partial charge in [0.05, 0.1) is 17.4 Å². The van der Waals surface area contributed by atoms with E-state index in [2.05, 4.69) is 33.7 Å². The summed E-state index contributed by atoms with van der Waals surface area (Å²) in [4.78, 5) is 15.3. The third-order valence-corrected chi connectivity index (χ3v) is 6.65. The van der Waals surface area contributed by atoms with Gasteiger partial charge in [-0.3, -0.25) is 9.69 Å². The minimum atomic E-state index is -0.200. The molecule has 0 N–H and O–H groups in total. The first-order valence-electron chi connectivity index (χ1n) is 10.8. The van der Waals surface area contributed by atoms with Gasteiger partial charge in [0, 0.05) is 43.2 Å². The van der Waals surface area contributed by atoms with Gasteiger partial charge in [-0.25, -0.2) is 0 Å². The fourth-order valence-electron chi connectivity index (χ4n) is 5.17. The molecule has 4 aromatic rings. The molecule has 6 rings (SSSR count). The Morgan fingerprint density at radius 1 is 1.13 bits per heavy atom. The molecule has 156 valence electrons. The van der Waals surface area contributed by atoms with Crippen LogP contribution in [0.1, 0.15) is 29.2 Å². The van der Waals surface area contributed by atoms with Crippen molar-refractivity contribution in [3.63, 3.8) is 0 Å². The van der Waals surface area contributed by atoms with Gasteiger partial charge >= 0.3 is 0 Å². The van der Waals surface area contributed by atoms with E-state index >= 15 is 0 Å². The number of hydrogen-bond acceptors (Lipinski definition) is 4. The SMILES string of the molecule is Cn1c2c(c3ccc(-n4ncc(OCc5ccccc5)cc4=O)cc31)CN1CCC2C1. The average molecular weight is 412 g/mol. The van der Waals surface area contributed by atoms with Crippen LogP contribution in [0.2, 0.25) is 0 Å². The van der Waals surface area contributed by atoms with E-state index in [4.69, 9.17) is 4.74 Å². The Morgan fingerprint density at radius 2 is 2.00 bits per heavy atom. The van der Waals surface area contributed by atoms with Crippen LogP contribution in [-0.2, 0) is 20.2 Å². The van der Waals surface area contributed by atoms with Crippen LogP contribution < -0.4 is 10.3 Å². The zero-order chi connectivity index (χ0) is 20.9. The Bertz CT molecular complexity index is 1340. The van der Waals surface area contributed by atoms with E-state index in [9.17, 15) is 4.79 Å². The molecule has 0 saturated carbocycles. The summed E-state index contributed by atoms with van der Waals surface area (Å²) in [6, 6.07) is 17.6. The molecule has 0 aliphatic carbocycles. The minimum Gasteiger partial charge on any atom is -0.487 e. The number of benzene rings is 2. The standard InChI is InChI=1S/C25H24N4O2/c1-27-23-11-19(7-8-21(23)22-15-28-10-9-18(14-28)25(22)27)29-24(30)12-20(13-26-29)31-16-17-5-3-2-4-6-17/h2-8,11-13,18H,9-10,14-16H2,1H3. The highest BCUT2D eigenvalue weighted by Gasteiger charge is 2.34. The van der Waals surface area contributed by atoms with Crippen LogP contribution in [0.5, 0.6) is 5.75 Å². The second kappa shape index (κ2) is 7.10. The summed E-state index contributed by atoms with van der Waals surface area (Å²) in [5, 5.41) is 5.66. The van der Waals surface area contributed by atoms with Crippen LogP contribution in [-0.4, -0.2) is 32.3 Å². The number of nitrogens with zero attached hydrogens (tertiary/aromatic N) is 4. The molecule has 0 radical (unpaired) electrons. The fourth-order valence-corrected chi connectivity index (χ4v) is 5.17. The molecule has 0 spiro atoms. The molecule has 2 aliphatic heterocycles. The van der Waals surface area contributed by atoms with Crippen molar-refractivity contribution in [1.29, 1.82) is 0 Å². The van der Waals surface area contributed by atoms with Gasteiger partial charge in [-0.2, -0.15) is 9.78 Å². The Morgan fingerprint density at radius 3 is 2.84 bits per heavy atom. The largest absolute Gasteiger partial charge is 0.487 e. The van der Waals surface area contributed by atoms with E-state index in [1.807, 2.05) is 36.4 Å². The number of hydrogen-bond donors (Lipinski definition) is 0. The highest BCUT2D eigenvalue weighted by atomic mass is 16.5. The molecule has 2 atom stereocenters. The molecule has 1 fully saturated rings. The molecule has 4 heterocycles. The summed E-state index contributed by atoms with van der Waals surface area (Å²) in [7, 11) is 2.15. The summed E-state index contributed by atoms with van der Waals surface area (Å²) in [5.74, 6) is 1.09. The van der Waals surface area contributed by atoms with Crippen LogP contribution in [0.25, 0.3) is 16.6 Å². The van der Waals surface area contributed by atoms with Crippen LogP contribution in [0.4, 0.5) is 0 Å². The van der Waals surface area contributed by atoms with Crippen molar-refractivity contribution in [2.75, 3.05) is 13.1 Å². The quantitative estimate of drug-likeness (QED) is 0.514. The number of aromatic nitrogens is 3. The smallest absolute Gasteiger partial charge is 0.275 e. The first-order valence-corrected chi connectivity index (χ1v) is 10.8. The van der Waals surface area contributed by atoms with Crippen LogP contribution in [0, 0.1) is 0 Å². The van der Waals surface area contributed by atoms with Crippen molar-refractivity contribution in [2.24, 2.45) is 7.05 Å². The number of fused-ring (bicyclic) bond motifs is 6. The van der Waals surface area contributed by atoms with Gasteiger partial charge in [-0.1, -0.05) is 36.4 Å². The Labute approximate surface area is 180 Å². The molecule has 31 heavy (non-hydrogen) atoms. The predicted molar refractivity (Wildman–Crippen MR) is 120 cm³/mol. The van der Waals surface area contributed by atoms with Crippen LogP contribution in [0.15, 0.2) is 65.6 Å². The van der Waals surface area contributed by atoms with E-state index in [1.165, 1.54) is 40.4 Å². The van der Waals surface area contributed by atoms with E-state index in [-0.39, 0.29) is 5.56 Å². The minimum absolute atomic E-state index is 0.200. The van der Waals surface area contributed by atoms with Gasteiger partial charge in [0.25, 0.3) is 5.56 Å². The molecule has 6 nitrogen and oxygen atoms in total. The third-order valence-electron chi connectivity index (χ3n) is 6.65. The second-order valence-corrected chi connectivity index (χ2v) is 8.56. The zero-order valence-electron chi connectivity index (χ0n) is 17.5. The molecule has 6 heteroatoms. The number of rotatable bonds is 4. The van der Waals surface area contributed by atoms with Gasteiger partial charge < -0.3 is 9.30 Å². The molecule has 2 bridgehead atoms. The number of aryl methyl sites for hydroxylation is 1.